The molecule has 0 radical (unpaired) electrons. The molecular weight excluding hydrogens is 165 g/mol. The fraction of sp³-hybridized carbons (Fsp3) is 0.600. The van der Waals surface area contributed by atoms with E-state index in [9.17, 15) is 13.2 Å². The maximum atomic E-state index is 12.7. The molecule has 0 bridgehead atoms. The van der Waals surface area contributed by atoms with Crippen LogP contribution < -0.4 is 0 Å². The summed E-state index contributed by atoms with van der Waals surface area (Å²) in [5.41, 5.74) is 0. The van der Waals surface area contributed by atoms with Gasteiger partial charge >= 0.3 is 18.1 Å². The molecule has 11 heavy (non-hydrogen) atoms. The van der Waals surface area contributed by atoms with E-state index in [1.54, 1.807) is 0 Å². The Hall–Kier alpha value is -0.910. The first-order chi connectivity index (χ1) is 5.07. The molecule has 0 aliphatic carbocycles. The van der Waals surface area contributed by atoms with Gasteiger partial charge in [0.1, 0.15) is 0 Å². The van der Waals surface area contributed by atoms with E-state index in [-0.39, 0.29) is 0 Å². The molecule has 0 amide bonds. The Morgan fingerprint density at radius 2 is 2.27 bits per heavy atom. The predicted molar refractivity (Wildman–Crippen MR) is 27.1 cm³/mol. The van der Waals surface area contributed by atoms with Crippen LogP contribution in [0.25, 0.3) is 0 Å². The minimum Gasteiger partial charge on any atom is -0.451 e. The lowest BCUT2D eigenvalue weighted by molar-refractivity contribution is -0.260. The van der Waals surface area contributed by atoms with E-state index in [1.165, 1.54) is 0 Å². The summed E-state index contributed by atoms with van der Waals surface area (Å²) < 4.78 is 48.2. The topological polar surface area (TPSA) is 27.7 Å². The molecule has 1 heterocycles. The van der Waals surface area contributed by atoms with Crippen molar-refractivity contribution >= 4 is 0 Å². The van der Waals surface area contributed by atoms with E-state index in [1.807, 2.05) is 0 Å². The van der Waals surface area contributed by atoms with E-state index in [0.29, 0.717) is 0 Å². The number of ether oxygens (including phenoxy) is 3. The van der Waals surface area contributed by atoms with Gasteiger partial charge in [0.2, 0.25) is 0 Å². The van der Waals surface area contributed by atoms with Crippen molar-refractivity contribution in [2.24, 2.45) is 0 Å². The highest BCUT2D eigenvalue weighted by Gasteiger charge is 2.43. The fourth-order valence-electron chi connectivity index (χ4n) is 0.543. The minimum absolute atomic E-state index is 0.684. The van der Waals surface area contributed by atoms with Gasteiger partial charge in [0.25, 0.3) is 0 Å². The molecule has 1 saturated heterocycles. The monoisotopic (exact) mass is 170 g/mol. The molecule has 0 aromatic carbocycles. The van der Waals surface area contributed by atoms with E-state index in [4.69, 9.17) is 0 Å². The lowest BCUT2D eigenvalue weighted by Crippen LogP contribution is -2.26. The molecule has 1 rings (SSSR count). The summed E-state index contributed by atoms with van der Waals surface area (Å²) in [7, 11) is 0.989. The van der Waals surface area contributed by atoms with Crippen LogP contribution in [0.5, 0.6) is 0 Å². The van der Waals surface area contributed by atoms with Crippen molar-refractivity contribution in [3.05, 3.63) is 12.0 Å². The molecule has 3 nitrogen and oxygen atoms in total. The number of alkyl halides is 1. The van der Waals surface area contributed by atoms with Crippen molar-refractivity contribution in [2.75, 3.05) is 13.7 Å². The highest BCUT2D eigenvalue weighted by atomic mass is 19.3. The fourth-order valence-corrected chi connectivity index (χ4v) is 0.543. The second-order valence-electron chi connectivity index (χ2n) is 1.80. The number of rotatable bonds is 1. The van der Waals surface area contributed by atoms with E-state index >= 15 is 0 Å². The molecule has 0 spiro atoms. The lowest BCUT2D eigenvalue weighted by Gasteiger charge is -2.11. The molecule has 64 valence electrons. The van der Waals surface area contributed by atoms with Crippen LogP contribution in [-0.4, -0.2) is 19.8 Å². The van der Waals surface area contributed by atoms with Gasteiger partial charge in [-0.25, -0.2) is 0 Å². The van der Waals surface area contributed by atoms with Gasteiger partial charge in [-0.1, -0.05) is 0 Å². The van der Waals surface area contributed by atoms with Gasteiger partial charge in [-0.3, -0.25) is 0 Å². The van der Waals surface area contributed by atoms with Gasteiger partial charge < -0.3 is 14.2 Å². The van der Waals surface area contributed by atoms with Crippen molar-refractivity contribution in [3.8, 4) is 0 Å². The van der Waals surface area contributed by atoms with Crippen LogP contribution in [0.4, 0.5) is 13.2 Å². The predicted octanol–water partition coefficient (Wildman–Crippen LogP) is 1.37. The van der Waals surface area contributed by atoms with Crippen LogP contribution in [0.2, 0.25) is 0 Å². The molecule has 1 aliphatic heterocycles. The summed E-state index contributed by atoms with van der Waals surface area (Å²) in [6.07, 6.45) is -2.21. The number of methoxy groups -OCH3 is 1. The SMILES string of the molecule is COC1(F)COC(=C(F)F)O1. The highest BCUT2D eigenvalue weighted by molar-refractivity contribution is 4.89. The van der Waals surface area contributed by atoms with Gasteiger partial charge in [-0.05, 0) is 0 Å². The van der Waals surface area contributed by atoms with Gasteiger partial charge in [0.15, 0.2) is 6.61 Å². The van der Waals surface area contributed by atoms with Crippen LogP contribution in [0.15, 0.2) is 12.0 Å². The van der Waals surface area contributed by atoms with Crippen LogP contribution in [0, 0.1) is 0 Å². The maximum absolute atomic E-state index is 12.7. The smallest absolute Gasteiger partial charge is 0.400 e. The lowest BCUT2D eigenvalue weighted by atomic mass is 10.6. The minimum atomic E-state index is -2.57. The Morgan fingerprint density at radius 3 is 2.55 bits per heavy atom. The first kappa shape index (κ1) is 8.19. The average Bonchev–Trinajstić information content (AvgIpc) is 2.33. The summed E-state index contributed by atoms with van der Waals surface area (Å²) in [6.45, 7) is -0.684. The Balaban J connectivity index is 2.68. The van der Waals surface area contributed by atoms with Crippen molar-refractivity contribution in [1.29, 1.82) is 0 Å². The summed E-state index contributed by atoms with van der Waals surface area (Å²) in [5.74, 6) is -1.12. The number of hydrogen-bond donors (Lipinski definition) is 0. The third kappa shape index (κ3) is 1.56. The Morgan fingerprint density at radius 1 is 1.64 bits per heavy atom. The first-order valence-electron chi connectivity index (χ1n) is 2.68. The molecule has 0 aromatic rings. The summed E-state index contributed by atoms with van der Waals surface area (Å²) in [5, 5.41) is 0. The van der Waals surface area contributed by atoms with Crippen LogP contribution >= 0.6 is 0 Å². The molecule has 0 N–H and O–H groups in total. The molecule has 1 aliphatic rings. The van der Waals surface area contributed by atoms with Crippen LogP contribution in [0.1, 0.15) is 0 Å². The third-order valence-electron chi connectivity index (χ3n) is 1.08. The van der Waals surface area contributed by atoms with E-state index in [2.05, 4.69) is 14.2 Å². The second kappa shape index (κ2) is 2.61. The normalized spacial score (nSPS) is 29.6. The standard InChI is InChI=1S/C5H5F3O3/c1-9-5(8)2-10-4(11-5)3(6)7/h2H2,1H3. The molecule has 1 unspecified atom stereocenters. The first-order valence-corrected chi connectivity index (χ1v) is 2.68. The van der Waals surface area contributed by atoms with Crippen LogP contribution in [-0.2, 0) is 14.2 Å². The van der Waals surface area contributed by atoms with E-state index < -0.39 is 24.7 Å². The largest absolute Gasteiger partial charge is 0.451 e. The van der Waals surface area contributed by atoms with Gasteiger partial charge in [-0.2, -0.15) is 13.2 Å². The zero-order chi connectivity index (χ0) is 8.48. The van der Waals surface area contributed by atoms with Gasteiger partial charge in [0.05, 0.1) is 0 Å². The highest BCUT2D eigenvalue weighted by Crippen LogP contribution is 2.30. The molecule has 1 fully saturated rings. The van der Waals surface area contributed by atoms with Gasteiger partial charge in [-0.15, -0.1) is 0 Å². The summed E-state index contributed by atoms with van der Waals surface area (Å²) >= 11 is 0. The van der Waals surface area contributed by atoms with Crippen molar-refractivity contribution in [2.45, 2.75) is 6.04 Å². The van der Waals surface area contributed by atoms with Gasteiger partial charge in [0, 0.05) is 7.11 Å². The van der Waals surface area contributed by atoms with E-state index in [0.717, 1.165) is 7.11 Å². The Labute approximate surface area is 60.3 Å². The van der Waals surface area contributed by atoms with Crippen molar-refractivity contribution in [1.82, 2.24) is 0 Å². The second-order valence-corrected chi connectivity index (χ2v) is 1.80. The Kier molecular flexibility index (Phi) is 1.95. The third-order valence-corrected chi connectivity index (χ3v) is 1.08. The molecule has 0 saturated carbocycles. The molecule has 6 heteroatoms. The summed E-state index contributed by atoms with van der Waals surface area (Å²) in [4.78, 5) is 0. The maximum Gasteiger partial charge on any atom is 0.400 e. The van der Waals surface area contributed by atoms with Crippen molar-refractivity contribution < 1.29 is 27.4 Å². The molecule has 0 aromatic heterocycles. The Bertz CT molecular complexity index is 189. The average molecular weight is 170 g/mol. The van der Waals surface area contributed by atoms with Crippen LogP contribution in [0.3, 0.4) is 0 Å². The number of hydrogen-bond acceptors (Lipinski definition) is 3. The summed E-state index contributed by atoms with van der Waals surface area (Å²) in [6, 6.07) is -2.57. The zero-order valence-corrected chi connectivity index (χ0v) is 5.57. The molecular formula is C5H5F3O3. The zero-order valence-electron chi connectivity index (χ0n) is 5.57. The van der Waals surface area contributed by atoms with Crippen molar-refractivity contribution in [3.63, 3.8) is 0 Å². The number of halogens is 3. The molecule has 1 atom stereocenters. The quantitative estimate of drug-likeness (QED) is 0.594.